The lowest BCUT2D eigenvalue weighted by Gasteiger charge is -2.31. The lowest BCUT2D eigenvalue weighted by atomic mass is 10.0. The van der Waals surface area contributed by atoms with E-state index in [-0.39, 0.29) is 29.5 Å². The maximum atomic E-state index is 13.3. The molecule has 4 rings (SSSR count). The van der Waals surface area contributed by atoms with Crippen LogP contribution in [0.15, 0.2) is 65.6 Å². The van der Waals surface area contributed by atoms with Gasteiger partial charge in [-0.2, -0.15) is 0 Å². The summed E-state index contributed by atoms with van der Waals surface area (Å²) in [5.41, 5.74) is 2.33. The molecular formula is C27H31N3O5S. The number of aryl methyl sites for hydroxylation is 1. The number of nitrogens with zero attached hydrogens (tertiary/aromatic N) is 1. The van der Waals surface area contributed by atoms with Crippen molar-refractivity contribution in [2.45, 2.75) is 44.2 Å². The predicted molar refractivity (Wildman–Crippen MR) is 138 cm³/mol. The van der Waals surface area contributed by atoms with Gasteiger partial charge in [-0.1, -0.05) is 48.5 Å². The average Bonchev–Trinajstić information content (AvgIpc) is 2.87. The Morgan fingerprint density at radius 2 is 1.64 bits per heavy atom. The molecule has 1 aliphatic heterocycles. The van der Waals surface area contributed by atoms with E-state index in [9.17, 15) is 18.0 Å². The summed E-state index contributed by atoms with van der Waals surface area (Å²) in [6.07, 6.45) is 0.660. The molecule has 9 heteroatoms. The molecule has 0 spiro atoms. The van der Waals surface area contributed by atoms with Crippen LogP contribution in [0.4, 0.5) is 4.79 Å². The van der Waals surface area contributed by atoms with Gasteiger partial charge < -0.3 is 15.0 Å². The third kappa shape index (κ3) is 5.68. The number of fused-ring (bicyclic) bond motifs is 1. The SMILES string of the molecule is CCOC(=O)N1CCC(NS(=O)(=O)c2ccc(CNC(=O)c3ccccc3C)c3ccccc23)CC1. The summed E-state index contributed by atoms with van der Waals surface area (Å²) in [5, 5.41) is 4.31. The van der Waals surface area contributed by atoms with Gasteiger partial charge in [-0.15, -0.1) is 0 Å². The maximum Gasteiger partial charge on any atom is 0.409 e. The van der Waals surface area contributed by atoms with Crippen LogP contribution in [0, 0.1) is 6.92 Å². The highest BCUT2D eigenvalue weighted by Crippen LogP contribution is 2.27. The molecule has 36 heavy (non-hydrogen) atoms. The summed E-state index contributed by atoms with van der Waals surface area (Å²) in [6.45, 7) is 5.10. The normalized spacial score (nSPS) is 14.6. The van der Waals surface area contributed by atoms with E-state index in [0.29, 0.717) is 43.5 Å². The van der Waals surface area contributed by atoms with Crippen molar-refractivity contribution in [3.8, 4) is 0 Å². The van der Waals surface area contributed by atoms with Gasteiger partial charge >= 0.3 is 6.09 Å². The zero-order chi connectivity index (χ0) is 25.7. The highest BCUT2D eigenvalue weighted by Gasteiger charge is 2.28. The number of carbonyl (C=O) groups excluding carboxylic acids is 2. The molecule has 2 amide bonds. The monoisotopic (exact) mass is 509 g/mol. The summed E-state index contributed by atoms with van der Waals surface area (Å²) in [7, 11) is -3.80. The first-order valence-electron chi connectivity index (χ1n) is 12.1. The van der Waals surface area contributed by atoms with Gasteiger partial charge in [0, 0.05) is 36.6 Å². The fourth-order valence-electron chi connectivity index (χ4n) is 4.50. The average molecular weight is 510 g/mol. The van der Waals surface area contributed by atoms with E-state index in [1.54, 1.807) is 42.2 Å². The standard InChI is InChI=1S/C27H31N3O5S/c1-3-35-27(32)30-16-14-21(15-17-30)29-36(33,34)25-13-12-20(23-10-6-7-11-24(23)25)18-28-26(31)22-9-5-4-8-19(22)2/h4-13,21,29H,3,14-18H2,1-2H3,(H,28,31). The molecule has 1 aliphatic rings. The van der Waals surface area contributed by atoms with Crippen LogP contribution in [0.3, 0.4) is 0 Å². The van der Waals surface area contributed by atoms with Crippen LogP contribution in [0.25, 0.3) is 10.8 Å². The Morgan fingerprint density at radius 1 is 0.972 bits per heavy atom. The number of ether oxygens (including phenoxy) is 1. The molecule has 0 radical (unpaired) electrons. The van der Waals surface area contributed by atoms with Gasteiger partial charge in [-0.25, -0.2) is 17.9 Å². The number of carbonyl (C=O) groups is 2. The number of benzene rings is 3. The predicted octanol–water partition coefficient (Wildman–Crippen LogP) is 3.98. The van der Waals surface area contributed by atoms with Crippen LogP contribution in [-0.4, -0.2) is 51.1 Å². The minimum atomic E-state index is -3.80. The Morgan fingerprint density at radius 3 is 2.33 bits per heavy atom. The third-order valence-corrected chi connectivity index (χ3v) is 8.01. The quantitative estimate of drug-likeness (QED) is 0.501. The number of nitrogens with one attached hydrogen (secondary N) is 2. The molecule has 3 aromatic carbocycles. The molecule has 2 N–H and O–H groups in total. The van der Waals surface area contributed by atoms with Gasteiger partial charge in [0.1, 0.15) is 0 Å². The van der Waals surface area contributed by atoms with Crippen LogP contribution in [0.1, 0.15) is 41.3 Å². The van der Waals surface area contributed by atoms with Gasteiger partial charge in [-0.05, 0) is 55.3 Å². The Kier molecular flexibility index (Phi) is 7.91. The first kappa shape index (κ1) is 25.7. The summed E-state index contributed by atoms with van der Waals surface area (Å²) in [4.78, 5) is 26.4. The molecule has 1 fully saturated rings. The molecular weight excluding hydrogens is 478 g/mol. The van der Waals surface area contributed by atoms with Gasteiger partial charge in [0.2, 0.25) is 10.0 Å². The van der Waals surface area contributed by atoms with E-state index in [0.717, 1.165) is 16.5 Å². The highest BCUT2D eigenvalue weighted by atomic mass is 32.2. The molecule has 0 bridgehead atoms. The van der Waals surface area contributed by atoms with Crippen molar-refractivity contribution in [3.63, 3.8) is 0 Å². The van der Waals surface area contributed by atoms with E-state index in [2.05, 4.69) is 10.0 Å². The van der Waals surface area contributed by atoms with Gasteiger partial charge in [0.15, 0.2) is 0 Å². The Balaban J connectivity index is 1.49. The van der Waals surface area contributed by atoms with Crippen molar-refractivity contribution in [2.75, 3.05) is 19.7 Å². The van der Waals surface area contributed by atoms with Crippen molar-refractivity contribution in [1.29, 1.82) is 0 Å². The van der Waals surface area contributed by atoms with Crippen molar-refractivity contribution < 1.29 is 22.7 Å². The van der Waals surface area contributed by atoms with Crippen molar-refractivity contribution in [3.05, 3.63) is 77.4 Å². The Hall–Kier alpha value is -3.43. The van der Waals surface area contributed by atoms with Crippen molar-refractivity contribution in [1.82, 2.24) is 14.9 Å². The maximum absolute atomic E-state index is 13.3. The summed E-state index contributed by atoms with van der Waals surface area (Å²) >= 11 is 0. The second-order valence-electron chi connectivity index (χ2n) is 8.85. The van der Waals surface area contributed by atoms with Gasteiger partial charge in [-0.3, -0.25) is 4.79 Å². The third-order valence-electron chi connectivity index (χ3n) is 6.44. The van der Waals surface area contributed by atoms with Crippen LogP contribution in [-0.2, 0) is 21.3 Å². The summed E-state index contributed by atoms with van der Waals surface area (Å²) in [5.74, 6) is -0.176. The van der Waals surface area contributed by atoms with Gasteiger partial charge in [0.05, 0.1) is 11.5 Å². The number of sulfonamides is 1. The zero-order valence-electron chi connectivity index (χ0n) is 20.5. The number of hydrogen-bond acceptors (Lipinski definition) is 5. The van der Waals surface area contributed by atoms with Crippen LogP contribution < -0.4 is 10.0 Å². The molecule has 0 unspecified atom stereocenters. The largest absolute Gasteiger partial charge is 0.450 e. The Labute approximate surface area is 211 Å². The van der Waals surface area contributed by atoms with Gasteiger partial charge in [0.25, 0.3) is 5.91 Å². The van der Waals surface area contributed by atoms with Crippen molar-refractivity contribution in [2.24, 2.45) is 0 Å². The first-order valence-corrected chi connectivity index (χ1v) is 13.6. The fraction of sp³-hybridized carbons (Fsp3) is 0.333. The molecule has 1 heterocycles. The summed E-state index contributed by atoms with van der Waals surface area (Å²) < 4.78 is 34.5. The second kappa shape index (κ2) is 11.1. The second-order valence-corrected chi connectivity index (χ2v) is 10.5. The molecule has 190 valence electrons. The molecule has 3 aromatic rings. The minimum Gasteiger partial charge on any atom is -0.450 e. The zero-order valence-corrected chi connectivity index (χ0v) is 21.3. The number of likely N-dealkylation sites (tertiary alicyclic amines) is 1. The molecule has 0 aromatic heterocycles. The smallest absolute Gasteiger partial charge is 0.409 e. The molecule has 0 aliphatic carbocycles. The summed E-state index contributed by atoms with van der Waals surface area (Å²) in [6, 6.07) is 17.7. The van der Waals surface area contributed by atoms with E-state index in [1.807, 2.05) is 37.3 Å². The fourth-order valence-corrected chi connectivity index (χ4v) is 6.01. The Bertz CT molecular complexity index is 1360. The number of piperidine rings is 1. The lowest BCUT2D eigenvalue weighted by Crippen LogP contribution is -2.46. The topological polar surface area (TPSA) is 105 Å². The van der Waals surface area contributed by atoms with E-state index < -0.39 is 10.0 Å². The number of amides is 2. The van der Waals surface area contributed by atoms with Crippen LogP contribution in [0.2, 0.25) is 0 Å². The minimum absolute atomic E-state index is 0.176. The lowest BCUT2D eigenvalue weighted by molar-refractivity contribution is 0.0946. The first-order chi connectivity index (χ1) is 17.3. The van der Waals surface area contributed by atoms with E-state index >= 15 is 0 Å². The van der Waals surface area contributed by atoms with Crippen LogP contribution in [0.5, 0.6) is 0 Å². The highest BCUT2D eigenvalue weighted by molar-refractivity contribution is 7.89. The molecule has 8 nitrogen and oxygen atoms in total. The number of rotatable bonds is 7. The molecule has 1 saturated heterocycles. The molecule has 0 atom stereocenters. The van der Waals surface area contributed by atoms with E-state index in [4.69, 9.17) is 4.74 Å². The number of hydrogen-bond donors (Lipinski definition) is 2. The molecule has 0 saturated carbocycles. The van der Waals surface area contributed by atoms with E-state index in [1.165, 1.54) is 0 Å². The van der Waals surface area contributed by atoms with Crippen LogP contribution >= 0.6 is 0 Å². The van der Waals surface area contributed by atoms with Crippen molar-refractivity contribution >= 4 is 32.8 Å².